The first-order chi connectivity index (χ1) is 13.2. The van der Waals surface area contributed by atoms with Crippen molar-refractivity contribution in [1.82, 2.24) is 4.90 Å². The molecule has 0 spiro atoms. The van der Waals surface area contributed by atoms with Gasteiger partial charge in [0.05, 0.1) is 7.11 Å². The van der Waals surface area contributed by atoms with Gasteiger partial charge in [-0.1, -0.05) is 54.6 Å². The maximum absolute atomic E-state index is 11.5. The minimum atomic E-state index is -2.00. The van der Waals surface area contributed by atoms with Crippen molar-refractivity contribution in [2.45, 2.75) is 19.1 Å². The summed E-state index contributed by atoms with van der Waals surface area (Å²) >= 11 is 0. The standard InChI is InChI=1S/C22H21NO3P/c1-25-27(24)26-19-11-12-23(14-19)13-18-8-7-17-6-5-15-3-2-4-16-9-10-20(18)22(17)21(15)16/h2-10,19H,11-14H2,1H3/q+1. The molecule has 4 aromatic carbocycles. The van der Waals surface area contributed by atoms with Crippen LogP contribution in [0.25, 0.3) is 32.3 Å². The van der Waals surface area contributed by atoms with Crippen LogP contribution in [0.5, 0.6) is 0 Å². The molecular formula is C22H21NO3P+. The van der Waals surface area contributed by atoms with Crippen molar-refractivity contribution in [3.8, 4) is 0 Å². The normalized spacial score (nSPS) is 18.9. The van der Waals surface area contributed by atoms with E-state index in [1.54, 1.807) is 0 Å². The molecule has 5 rings (SSSR count). The molecule has 136 valence electrons. The molecule has 4 nitrogen and oxygen atoms in total. The topological polar surface area (TPSA) is 38.8 Å². The molecule has 1 saturated heterocycles. The minimum Gasteiger partial charge on any atom is -0.296 e. The third-order valence-corrected chi connectivity index (χ3v) is 6.39. The molecule has 0 aliphatic carbocycles. The first-order valence-corrected chi connectivity index (χ1v) is 10.4. The minimum absolute atomic E-state index is 0.0200. The van der Waals surface area contributed by atoms with Crippen molar-refractivity contribution in [2.75, 3.05) is 20.2 Å². The highest BCUT2D eigenvalue weighted by Crippen LogP contribution is 2.36. The van der Waals surface area contributed by atoms with Crippen LogP contribution in [0.4, 0.5) is 0 Å². The van der Waals surface area contributed by atoms with Gasteiger partial charge >= 0.3 is 8.25 Å². The molecule has 0 radical (unpaired) electrons. The number of nitrogens with zero attached hydrogens (tertiary/aromatic N) is 1. The molecule has 1 fully saturated rings. The Balaban J connectivity index is 1.50. The van der Waals surface area contributed by atoms with Gasteiger partial charge in [0.25, 0.3) is 0 Å². The number of hydrogen-bond acceptors (Lipinski definition) is 4. The van der Waals surface area contributed by atoms with E-state index in [1.807, 2.05) is 0 Å². The zero-order valence-corrected chi connectivity index (χ0v) is 16.1. The summed E-state index contributed by atoms with van der Waals surface area (Å²) in [5, 5.41) is 7.91. The molecule has 0 saturated carbocycles. The lowest BCUT2D eigenvalue weighted by Gasteiger charge is -2.18. The molecule has 27 heavy (non-hydrogen) atoms. The Kier molecular flexibility index (Phi) is 4.30. The number of hydrogen-bond donors (Lipinski definition) is 0. The maximum atomic E-state index is 11.5. The van der Waals surface area contributed by atoms with Crippen LogP contribution in [-0.2, 0) is 20.2 Å². The third kappa shape index (κ3) is 2.99. The summed E-state index contributed by atoms with van der Waals surface area (Å²) in [7, 11) is -0.588. The Bertz CT molecular complexity index is 1130. The van der Waals surface area contributed by atoms with Crippen molar-refractivity contribution in [3.63, 3.8) is 0 Å². The fourth-order valence-corrected chi connectivity index (χ4v) is 4.87. The second-order valence-electron chi connectivity index (χ2n) is 7.24. The Morgan fingerprint density at radius 3 is 2.48 bits per heavy atom. The van der Waals surface area contributed by atoms with Crippen LogP contribution < -0.4 is 0 Å². The lowest BCUT2D eigenvalue weighted by atomic mass is 9.92. The van der Waals surface area contributed by atoms with Gasteiger partial charge in [0.15, 0.2) is 0 Å². The zero-order valence-electron chi connectivity index (χ0n) is 15.2. The first kappa shape index (κ1) is 17.0. The molecule has 0 amide bonds. The van der Waals surface area contributed by atoms with Gasteiger partial charge in [-0.05, 0) is 44.3 Å². The summed E-state index contributed by atoms with van der Waals surface area (Å²) in [6.07, 6.45) is 0.865. The first-order valence-electron chi connectivity index (χ1n) is 9.29. The van der Waals surface area contributed by atoms with E-state index < -0.39 is 8.25 Å². The molecule has 2 unspecified atom stereocenters. The smallest absolute Gasteiger partial charge is 0.296 e. The van der Waals surface area contributed by atoms with Crippen LogP contribution in [0, 0.1) is 0 Å². The van der Waals surface area contributed by atoms with Crippen LogP contribution in [0.15, 0.2) is 54.6 Å². The van der Waals surface area contributed by atoms with Gasteiger partial charge in [0.1, 0.15) is 6.10 Å². The zero-order chi connectivity index (χ0) is 18.4. The molecule has 1 heterocycles. The molecule has 5 heteroatoms. The highest BCUT2D eigenvalue weighted by molar-refractivity contribution is 7.33. The SMILES string of the molecule is CO[P+](=O)OC1CCN(Cc2ccc3ccc4cccc5ccc2c3c45)C1. The largest absolute Gasteiger partial charge is 0.697 e. The van der Waals surface area contributed by atoms with Crippen molar-refractivity contribution >= 4 is 40.6 Å². The van der Waals surface area contributed by atoms with Gasteiger partial charge in [-0.25, -0.2) is 0 Å². The number of rotatable bonds is 5. The Labute approximate surface area is 159 Å². The van der Waals surface area contributed by atoms with E-state index in [-0.39, 0.29) is 6.10 Å². The molecule has 0 bridgehead atoms. The monoisotopic (exact) mass is 378 g/mol. The van der Waals surface area contributed by atoms with Crippen LogP contribution in [0.1, 0.15) is 12.0 Å². The van der Waals surface area contributed by atoms with E-state index in [1.165, 1.54) is 45.0 Å². The second kappa shape index (κ2) is 6.81. The molecular weight excluding hydrogens is 357 g/mol. The van der Waals surface area contributed by atoms with Crippen molar-refractivity contribution in [2.24, 2.45) is 0 Å². The quantitative estimate of drug-likeness (QED) is 0.341. The molecule has 2 atom stereocenters. The third-order valence-electron chi connectivity index (χ3n) is 5.63. The van der Waals surface area contributed by atoms with E-state index in [0.29, 0.717) is 0 Å². The molecule has 4 aromatic rings. The Hall–Kier alpha value is -2.10. The summed E-state index contributed by atoms with van der Waals surface area (Å²) in [6.45, 7) is 2.60. The highest BCUT2D eigenvalue weighted by atomic mass is 31.1. The highest BCUT2D eigenvalue weighted by Gasteiger charge is 2.32. The predicted octanol–water partition coefficient (Wildman–Crippen LogP) is 5.48. The summed E-state index contributed by atoms with van der Waals surface area (Å²) in [5.41, 5.74) is 1.33. The fourth-order valence-electron chi connectivity index (χ4n) is 4.37. The van der Waals surface area contributed by atoms with Gasteiger partial charge in [0.2, 0.25) is 0 Å². The Morgan fingerprint density at radius 1 is 1.00 bits per heavy atom. The second-order valence-corrected chi connectivity index (χ2v) is 8.26. The van der Waals surface area contributed by atoms with E-state index in [4.69, 9.17) is 9.05 Å². The fraction of sp³-hybridized carbons (Fsp3) is 0.273. The van der Waals surface area contributed by atoms with E-state index in [2.05, 4.69) is 59.5 Å². The lowest BCUT2D eigenvalue weighted by Crippen LogP contribution is -2.22. The van der Waals surface area contributed by atoms with Crippen LogP contribution in [0.3, 0.4) is 0 Å². The number of benzene rings is 4. The lowest BCUT2D eigenvalue weighted by molar-refractivity contribution is 0.176. The van der Waals surface area contributed by atoms with Crippen LogP contribution in [-0.4, -0.2) is 31.2 Å². The average Bonchev–Trinajstić information content (AvgIpc) is 3.14. The van der Waals surface area contributed by atoms with Gasteiger partial charge in [-0.3, -0.25) is 4.90 Å². The molecule has 0 aromatic heterocycles. The summed E-state index contributed by atoms with van der Waals surface area (Å²) in [6, 6.07) is 19.9. The van der Waals surface area contributed by atoms with E-state index >= 15 is 0 Å². The van der Waals surface area contributed by atoms with Gasteiger partial charge in [-0.15, -0.1) is 9.05 Å². The van der Waals surface area contributed by atoms with Crippen molar-refractivity contribution < 1.29 is 13.6 Å². The van der Waals surface area contributed by atoms with Gasteiger partial charge < -0.3 is 0 Å². The van der Waals surface area contributed by atoms with Crippen LogP contribution >= 0.6 is 8.25 Å². The summed E-state index contributed by atoms with van der Waals surface area (Å²) in [4.78, 5) is 2.37. The van der Waals surface area contributed by atoms with Gasteiger partial charge in [0, 0.05) is 24.2 Å². The summed E-state index contributed by atoms with van der Waals surface area (Å²) < 4.78 is 21.7. The van der Waals surface area contributed by atoms with Crippen molar-refractivity contribution in [1.29, 1.82) is 0 Å². The average molecular weight is 378 g/mol. The molecule has 1 aliphatic heterocycles. The van der Waals surface area contributed by atoms with Crippen molar-refractivity contribution in [3.05, 3.63) is 60.2 Å². The summed E-state index contributed by atoms with van der Waals surface area (Å²) in [5.74, 6) is 0. The van der Waals surface area contributed by atoms with E-state index in [9.17, 15) is 4.57 Å². The predicted molar refractivity (Wildman–Crippen MR) is 110 cm³/mol. The van der Waals surface area contributed by atoms with Crippen LogP contribution in [0.2, 0.25) is 0 Å². The molecule has 1 aliphatic rings. The van der Waals surface area contributed by atoms with E-state index in [0.717, 1.165) is 26.1 Å². The number of likely N-dealkylation sites (tertiary alicyclic amines) is 1. The van der Waals surface area contributed by atoms with Gasteiger partial charge in [-0.2, -0.15) is 0 Å². The maximum Gasteiger partial charge on any atom is 0.697 e. The molecule has 0 N–H and O–H groups in total. The Morgan fingerprint density at radius 2 is 1.70 bits per heavy atom.